The fourth-order valence-corrected chi connectivity index (χ4v) is 1.88. The van der Waals surface area contributed by atoms with Crippen molar-refractivity contribution < 1.29 is 24.0 Å². The van der Waals surface area contributed by atoms with Gasteiger partial charge < -0.3 is 9.47 Å². The molecule has 0 bridgehead atoms. The molecule has 1 aromatic rings. The Labute approximate surface area is 134 Å². The summed E-state index contributed by atoms with van der Waals surface area (Å²) in [5.41, 5.74) is 0.557. The van der Waals surface area contributed by atoms with Gasteiger partial charge in [-0.15, -0.1) is 0 Å². The number of hydrogen-bond donors (Lipinski definition) is 0. The first-order chi connectivity index (χ1) is 10.7. The first-order valence-corrected chi connectivity index (χ1v) is 7.35. The van der Waals surface area contributed by atoms with E-state index in [1.54, 1.807) is 27.7 Å². The minimum absolute atomic E-state index is 0.0557. The van der Waals surface area contributed by atoms with Crippen molar-refractivity contribution in [2.75, 3.05) is 0 Å². The Hall–Kier alpha value is -2.44. The number of nitrogens with zero attached hydrogens (tertiary/aromatic N) is 1. The van der Waals surface area contributed by atoms with Crippen molar-refractivity contribution in [3.8, 4) is 0 Å². The molecule has 23 heavy (non-hydrogen) atoms. The summed E-state index contributed by atoms with van der Waals surface area (Å²) in [6.07, 6.45) is -0.642. The van der Waals surface area contributed by atoms with E-state index in [0.717, 1.165) is 0 Å². The lowest BCUT2D eigenvalue weighted by molar-refractivity contribution is -0.384. The maximum Gasteiger partial charge on any atom is 0.320 e. The van der Waals surface area contributed by atoms with Crippen molar-refractivity contribution in [2.24, 2.45) is 5.92 Å². The molecule has 1 rings (SSSR count). The van der Waals surface area contributed by atoms with Crippen LogP contribution in [0.2, 0.25) is 0 Å². The highest BCUT2D eigenvalue weighted by Gasteiger charge is 2.31. The summed E-state index contributed by atoms with van der Waals surface area (Å²) in [7, 11) is 0. The van der Waals surface area contributed by atoms with E-state index in [9.17, 15) is 19.7 Å². The summed E-state index contributed by atoms with van der Waals surface area (Å²) < 4.78 is 10.2. The molecule has 0 saturated carbocycles. The highest BCUT2D eigenvalue weighted by atomic mass is 16.6. The van der Waals surface area contributed by atoms with Gasteiger partial charge in [0.05, 0.1) is 17.1 Å². The predicted molar refractivity (Wildman–Crippen MR) is 82.7 cm³/mol. The average Bonchev–Trinajstić information content (AvgIpc) is 2.43. The average molecular weight is 323 g/mol. The number of esters is 2. The standard InChI is InChI=1S/C16H21NO6/c1-10(2)22-15(18)14(16(19)23-11(3)4)9-12-5-7-13(8-6-12)17(20)21/h5-8,10-11,14H,9H2,1-4H3. The number of nitro groups is 1. The third-order valence-electron chi connectivity index (χ3n) is 2.86. The minimum atomic E-state index is -1.10. The zero-order chi connectivity index (χ0) is 17.6. The largest absolute Gasteiger partial charge is 0.462 e. The molecule has 0 saturated heterocycles. The third-order valence-corrected chi connectivity index (χ3v) is 2.86. The van der Waals surface area contributed by atoms with Gasteiger partial charge in [-0.1, -0.05) is 12.1 Å². The zero-order valence-electron chi connectivity index (χ0n) is 13.6. The molecule has 0 fully saturated rings. The quantitative estimate of drug-likeness (QED) is 0.331. The summed E-state index contributed by atoms with van der Waals surface area (Å²) in [6, 6.07) is 5.68. The van der Waals surface area contributed by atoms with Crippen LogP contribution < -0.4 is 0 Å². The van der Waals surface area contributed by atoms with Crippen LogP contribution >= 0.6 is 0 Å². The van der Waals surface area contributed by atoms with Crippen molar-refractivity contribution in [3.63, 3.8) is 0 Å². The number of hydrogen-bond acceptors (Lipinski definition) is 6. The fraction of sp³-hybridized carbons (Fsp3) is 0.500. The summed E-state index contributed by atoms with van der Waals surface area (Å²) in [6.45, 7) is 6.76. The number of benzene rings is 1. The Morgan fingerprint density at radius 1 is 1.00 bits per heavy atom. The van der Waals surface area contributed by atoms with Crippen molar-refractivity contribution in [2.45, 2.75) is 46.3 Å². The van der Waals surface area contributed by atoms with Crippen LogP contribution in [0, 0.1) is 16.0 Å². The smallest absolute Gasteiger partial charge is 0.320 e. The second kappa shape index (κ2) is 8.26. The van der Waals surface area contributed by atoms with Gasteiger partial charge in [-0.2, -0.15) is 0 Å². The number of rotatable bonds is 7. The molecular weight excluding hydrogens is 302 g/mol. The first-order valence-electron chi connectivity index (χ1n) is 7.35. The molecule has 7 nitrogen and oxygen atoms in total. The molecule has 0 N–H and O–H groups in total. The number of carbonyl (C=O) groups excluding carboxylic acids is 2. The Kier molecular flexibility index (Phi) is 6.68. The zero-order valence-corrected chi connectivity index (χ0v) is 13.6. The Morgan fingerprint density at radius 3 is 1.78 bits per heavy atom. The molecule has 0 aliphatic carbocycles. The molecule has 0 amide bonds. The Morgan fingerprint density at radius 2 is 1.43 bits per heavy atom. The molecular formula is C16H21NO6. The van der Waals surface area contributed by atoms with Gasteiger partial charge in [0.1, 0.15) is 0 Å². The monoisotopic (exact) mass is 323 g/mol. The molecule has 0 spiro atoms. The number of carbonyl (C=O) groups is 2. The molecule has 0 unspecified atom stereocenters. The molecule has 0 aromatic heterocycles. The number of non-ortho nitro benzene ring substituents is 1. The summed E-state index contributed by atoms with van der Waals surface area (Å²) in [4.78, 5) is 34.4. The van der Waals surface area contributed by atoms with Crippen LogP contribution in [0.1, 0.15) is 33.3 Å². The van der Waals surface area contributed by atoms with E-state index in [4.69, 9.17) is 9.47 Å². The minimum Gasteiger partial charge on any atom is -0.462 e. The van der Waals surface area contributed by atoms with Crippen LogP contribution in [0.5, 0.6) is 0 Å². The van der Waals surface area contributed by atoms with Crippen LogP contribution in [-0.4, -0.2) is 29.1 Å². The van der Waals surface area contributed by atoms with Crippen LogP contribution in [-0.2, 0) is 25.5 Å². The van der Waals surface area contributed by atoms with Crippen molar-refractivity contribution >= 4 is 17.6 Å². The topological polar surface area (TPSA) is 95.7 Å². The molecule has 0 atom stereocenters. The van der Waals surface area contributed by atoms with Gasteiger partial charge >= 0.3 is 11.9 Å². The summed E-state index contributed by atoms with van der Waals surface area (Å²) in [5.74, 6) is -2.42. The lowest BCUT2D eigenvalue weighted by Crippen LogP contribution is -2.32. The second-order valence-corrected chi connectivity index (χ2v) is 5.65. The Bertz CT molecular complexity index is 542. The lowest BCUT2D eigenvalue weighted by atomic mass is 9.99. The number of nitro benzene ring substituents is 1. The molecule has 0 aliphatic rings. The van der Waals surface area contributed by atoms with E-state index < -0.39 is 22.8 Å². The SMILES string of the molecule is CC(C)OC(=O)C(Cc1ccc([N+](=O)[O-])cc1)C(=O)OC(C)C. The highest BCUT2D eigenvalue weighted by molar-refractivity contribution is 5.95. The van der Waals surface area contributed by atoms with Crippen molar-refractivity contribution in [3.05, 3.63) is 39.9 Å². The van der Waals surface area contributed by atoms with E-state index in [1.165, 1.54) is 24.3 Å². The lowest BCUT2D eigenvalue weighted by Gasteiger charge is -2.18. The molecule has 7 heteroatoms. The molecule has 0 heterocycles. The first kappa shape index (κ1) is 18.6. The predicted octanol–water partition coefficient (Wildman–Crippen LogP) is 2.66. The molecule has 1 aromatic carbocycles. The van der Waals surface area contributed by atoms with Gasteiger partial charge in [0.25, 0.3) is 5.69 Å². The van der Waals surface area contributed by atoms with Crippen LogP contribution in [0.15, 0.2) is 24.3 Å². The van der Waals surface area contributed by atoms with Gasteiger partial charge in [0.2, 0.25) is 0 Å². The second-order valence-electron chi connectivity index (χ2n) is 5.65. The fourth-order valence-electron chi connectivity index (χ4n) is 1.88. The summed E-state index contributed by atoms with van der Waals surface area (Å²) >= 11 is 0. The van der Waals surface area contributed by atoms with Crippen LogP contribution in [0.25, 0.3) is 0 Å². The molecule has 0 aliphatic heterocycles. The third kappa shape index (κ3) is 6.06. The van der Waals surface area contributed by atoms with E-state index in [1.807, 2.05) is 0 Å². The van der Waals surface area contributed by atoms with Crippen molar-refractivity contribution in [1.29, 1.82) is 0 Å². The molecule has 126 valence electrons. The van der Waals surface area contributed by atoms with Crippen molar-refractivity contribution in [1.82, 2.24) is 0 Å². The van der Waals surface area contributed by atoms with Gasteiger partial charge in [0, 0.05) is 12.1 Å². The van der Waals surface area contributed by atoms with Gasteiger partial charge in [0.15, 0.2) is 5.92 Å². The Balaban J connectivity index is 2.92. The van der Waals surface area contributed by atoms with E-state index in [-0.39, 0.29) is 24.3 Å². The summed E-state index contributed by atoms with van der Waals surface area (Å²) in [5, 5.41) is 10.7. The highest BCUT2D eigenvalue weighted by Crippen LogP contribution is 2.18. The van der Waals surface area contributed by atoms with Gasteiger partial charge in [-0.3, -0.25) is 19.7 Å². The van der Waals surface area contributed by atoms with Crippen LogP contribution in [0.4, 0.5) is 5.69 Å². The maximum absolute atomic E-state index is 12.1. The number of ether oxygens (including phenoxy) is 2. The normalized spacial score (nSPS) is 10.9. The van der Waals surface area contributed by atoms with Gasteiger partial charge in [-0.25, -0.2) is 0 Å². The molecule has 0 radical (unpaired) electrons. The van der Waals surface area contributed by atoms with E-state index >= 15 is 0 Å². The van der Waals surface area contributed by atoms with E-state index in [0.29, 0.717) is 5.56 Å². The van der Waals surface area contributed by atoms with Gasteiger partial charge in [-0.05, 0) is 39.7 Å². The maximum atomic E-state index is 12.1. The van der Waals surface area contributed by atoms with E-state index in [2.05, 4.69) is 0 Å². The van der Waals surface area contributed by atoms with Crippen LogP contribution in [0.3, 0.4) is 0 Å².